The standard InChI is InChI=1S/C23H35N7O6.C16H24N6O4.C12H23N.C7H13NO3.CH3F/c1-4-13-36-15-20(25-3)22(33)28-19(14-17-9-6-5-7-10-17)21(32)27-18(16(2)31)11-8-12-26-23(24)29-30(34)35;1-11(23)14(8-5-9-19-16(18)21-22(25)26)20-15(24)13(17)10-12-6-3-2-4-7-12;1-3-7-11(8-4-1)13-12-9-5-2-6-10-12;1-3-4-11-5-6(8-2)7(9)10;1-2/h4-7,9-10,18-20,25H,1,8,11-15H2,2-3H3,(H,27,32)(H,28,33)(H3,24,26,29);2-4,6-7,13-14H,5,8-10,17H2,1H3,(H,20,24)(H3,18,19,21);11-13H,1-10H2;3,6,8H,1,4-5H2,2H3,(H,9,10);1H3/p+1/t18-,19+,20-;13-,14+;;6-;/m01.0./s1/i;;;;1D. The number of carboxylic acid groups (broad SMARTS) is 1. The number of nitro groups is 2. The van der Waals surface area contributed by atoms with Crippen LogP contribution in [0, 0.1) is 20.2 Å². The molecule has 2 fully saturated rings. The largest absolute Gasteiger partial charge is 0.480 e. The van der Waals surface area contributed by atoms with Gasteiger partial charge in [-0.2, -0.15) is 0 Å². The van der Waals surface area contributed by atoms with Crippen molar-refractivity contribution in [3.8, 4) is 0 Å². The van der Waals surface area contributed by atoms with E-state index in [9.17, 15) is 53.4 Å². The van der Waals surface area contributed by atoms with E-state index >= 15 is 0 Å². The van der Waals surface area contributed by atoms with Gasteiger partial charge in [0.1, 0.15) is 28.3 Å². The number of carboxylic acids is 1. The van der Waals surface area contributed by atoms with Crippen molar-refractivity contribution in [2.24, 2.45) is 21.7 Å². The molecule has 0 bridgehead atoms. The van der Waals surface area contributed by atoms with Crippen LogP contribution in [0.3, 0.4) is 0 Å². The Kier molecular flexibility index (Phi) is 44.6. The third kappa shape index (κ3) is 39.8. The molecule has 494 valence electrons. The van der Waals surface area contributed by atoms with E-state index in [-0.39, 0.29) is 68.6 Å². The van der Waals surface area contributed by atoms with Gasteiger partial charge in [0.25, 0.3) is 17.8 Å². The first kappa shape index (κ1) is 78.2. The Hall–Kier alpha value is -7.83. The van der Waals surface area contributed by atoms with Gasteiger partial charge in [-0.15, -0.1) is 13.2 Å². The van der Waals surface area contributed by atoms with Gasteiger partial charge in [-0.05, 0) is 90.4 Å². The van der Waals surface area contributed by atoms with Crippen molar-refractivity contribution in [2.75, 3.05) is 60.8 Å². The number of carbonyl (C=O) groups is 6. The minimum atomic E-state index is -1.00. The molecule has 0 spiro atoms. The summed E-state index contributed by atoms with van der Waals surface area (Å²) in [6.45, 7) is 11.2. The van der Waals surface area contributed by atoms with E-state index in [0.717, 1.165) is 23.2 Å². The van der Waals surface area contributed by atoms with Gasteiger partial charge in [0.05, 0.1) is 47.0 Å². The molecule has 0 aromatic heterocycles. The number of carbonyl (C=O) groups excluding carboxylic acids is 5. The molecule has 2 aliphatic rings. The van der Waals surface area contributed by atoms with Gasteiger partial charge in [-0.1, -0.05) is 111 Å². The molecule has 0 radical (unpaired) electrons. The highest BCUT2D eigenvalue weighted by Gasteiger charge is 2.29. The number of rotatable bonds is 35. The fraction of sp³-hybridized carbons (Fsp3) is 0.593. The van der Waals surface area contributed by atoms with Crippen molar-refractivity contribution < 1.29 is 64.9 Å². The van der Waals surface area contributed by atoms with E-state index in [4.69, 9.17) is 27.4 Å². The number of ether oxygens (including phenoxy) is 2. The Morgan fingerprint density at radius 3 is 1.42 bits per heavy atom. The van der Waals surface area contributed by atoms with Crippen molar-refractivity contribution in [1.29, 1.82) is 0 Å². The Bertz CT molecular complexity index is 2410. The summed E-state index contributed by atoms with van der Waals surface area (Å²) in [6, 6.07) is 16.1. The number of guanidine groups is 2. The fourth-order valence-electron chi connectivity index (χ4n) is 8.91. The monoisotopic (exact) mass is 1250 g/mol. The Balaban J connectivity index is 0.00000126. The number of benzene rings is 2. The lowest BCUT2D eigenvalue weighted by Crippen LogP contribution is -2.69. The Labute approximate surface area is 517 Å². The molecular weight excluding hydrogens is 1150 g/mol. The maximum atomic E-state index is 13.2. The second kappa shape index (κ2) is 50.2. The summed E-state index contributed by atoms with van der Waals surface area (Å²) >= 11 is 0. The molecule has 4 rings (SSSR count). The minimum Gasteiger partial charge on any atom is -0.480 e. The van der Waals surface area contributed by atoms with Crippen LogP contribution in [-0.4, -0.2) is 171 Å². The lowest BCUT2D eigenvalue weighted by molar-refractivity contribution is -0.485. The number of hydrogen-bond donors (Lipinski definition) is 12. The smallest absolute Gasteiger partial charge is 0.323 e. The molecule has 2 aromatic carbocycles. The zero-order valence-corrected chi connectivity index (χ0v) is 51.6. The molecule has 0 aliphatic heterocycles. The van der Waals surface area contributed by atoms with E-state index in [2.05, 4.69) is 71.6 Å². The first-order valence-corrected chi connectivity index (χ1v) is 29.4. The molecule has 0 heterocycles. The van der Waals surface area contributed by atoms with Gasteiger partial charge < -0.3 is 74.3 Å². The second-order valence-electron chi connectivity index (χ2n) is 20.6. The zero-order chi connectivity index (χ0) is 66.8. The summed E-state index contributed by atoms with van der Waals surface area (Å²) < 4.78 is 25.8. The number of likely N-dealkylation sites (N-methyl/N-ethyl adjacent to an activating group) is 2. The summed E-state index contributed by atoms with van der Waals surface area (Å²) in [4.78, 5) is 93.0. The average molecular weight is 1250 g/mol. The third-order valence-electron chi connectivity index (χ3n) is 13.6. The normalized spacial score (nSPS) is 15.5. The summed E-state index contributed by atoms with van der Waals surface area (Å²) in [5, 5.41) is 55.6. The lowest BCUT2D eigenvalue weighted by atomic mass is 9.91. The van der Waals surface area contributed by atoms with Crippen molar-refractivity contribution in [3.05, 3.63) is 117 Å². The molecule has 28 nitrogen and oxygen atoms in total. The number of nitrogens with one attached hydrogen (secondary N) is 8. The SMILES string of the molecule is C1CCC(NC2CCCCC2)CC1.C=CCOC[C@H](NC)C(=O)N[C@H](Cc1ccccc1)C(=O)N[C@@H](CCCN/C(N)=N/[N+](=O)[O-])C(C)=O.C=CCOC[C@H](NC)C(=O)O.CC(=O)[C@H](CCCN/C(N)=N/[N+](=O)[O-])NC(=O)[C@H]([NH3+])Cc1ccccc1.[2H]CF. The van der Waals surface area contributed by atoms with E-state index in [1.165, 1.54) is 78.1 Å². The number of halogens is 1. The van der Waals surface area contributed by atoms with Crippen LogP contribution >= 0.6 is 0 Å². The first-order valence-electron chi connectivity index (χ1n) is 30.1. The summed E-state index contributed by atoms with van der Waals surface area (Å²) in [5.74, 6) is -3.25. The van der Waals surface area contributed by atoms with Crippen LogP contribution in [-0.2, 0) is 51.1 Å². The van der Waals surface area contributed by atoms with Crippen molar-refractivity contribution >= 4 is 47.2 Å². The number of hydrazone groups is 2. The molecule has 3 amide bonds. The molecule has 2 saturated carbocycles. The number of nitrogens with zero attached hydrogens (tertiary/aromatic N) is 4. The van der Waals surface area contributed by atoms with Crippen molar-refractivity contribution in [1.82, 2.24) is 42.5 Å². The number of amides is 3. The van der Waals surface area contributed by atoms with Gasteiger partial charge in [0.2, 0.25) is 11.8 Å². The number of quaternary nitrogens is 1. The van der Waals surface area contributed by atoms with E-state index < -0.39 is 71.3 Å². The second-order valence-corrected chi connectivity index (χ2v) is 20.6. The van der Waals surface area contributed by atoms with E-state index in [1.807, 2.05) is 60.7 Å². The van der Waals surface area contributed by atoms with Crippen LogP contribution in [0.4, 0.5) is 4.39 Å². The van der Waals surface area contributed by atoms with Crippen LogP contribution < -0.4 is 59.7 Å². The topological polar surface area (TPSA) is 428 Å². The lowest BCUT2D eigenvalue weighted by Gasteiger charge is -2.30. The van der Waals surface area contributed by atoms with Crippen molar-refractivity contribution in [3.63, 3.8) is 0 Å². The van der Waals surface area contributed by atoms with Gasteiger partial charge in [-0.25, -0.2) is 20.2 Å². The van der Waals surface area contributed by atoms with Crippen LogP contribution in [0.5, 0.6) is 0 Å². The van der Waals surface area contributed by atoms with E-state index in [0.29, 0.717) is 38.8 Å². The predicted octanol–water partition coefficient (Wildman–Crippen LogP) is 1.93. The fourth-order valence-corrected chi connectivity index (χ4v) is 8.91. The average Bonchev–Trinajstić information content (AvgIpc) is 3.64. The van der Waals surface area contributed by atoms with Gasteiger partial charge in [0, 0.05) is 38.0 Å². The highest BCUT2D eigenvalue weighted by molar-refractivity contribution is 5.93. The Morgan fingerprint density at radius 1 is 0.670 bits per heavy atom. The van der Waals surface area contributed by atoms with Crippen LogP contribution in [0.25, 0.3) is 0 Å². The first-order chi connectivity index (χ1) is 42.5. The van der Waals surface area contributed by atoms with Gasteiger partial charge >= 0.3 is 5.97 Å². The van der Waals surface area contributed by atoms with Crippen molar-refractivity contribution in [2.45, 2.75) is 165 Å². The number of aliphatic carboxylic acids is 1. The predicted molar refractivity (Wildman–Crippen MR) is 335 cm³/mol. The van der Waals surface area contributed by atoms with Crippen LogP contribution in [0.2, 0.25) is 0 Å². The molecule has 6 atom stereocenters. The third-order valence-corrected chi connectivity index (χ3v) is 13.6. The maximum Gasteiger partial charge on any atom is 0.323 e. The molecule has 2 aliphatic carbocycles. The quantitative estimate of drug-likeness (QED) is 0.0117. The molecule has 16 N–H and O–H groups in total. The molecule has 88 heavy (non-hydrogen) atoms. The number of nitrogens with two attached hydrogens (primary N) is 2. The summed E-state index contributed by atoms with van der Waals surface area (Å²) in [7, 11) is 2.19. The van der Waals surface area contributed by atoms with Gasteiger partial charge in [-0.3, -0.25) is 33.2 Å². The van der Waals surface area contributed by atoms with Crippen LogP contribution in [0.15, 0.2) is 96.2 Å². The Morgan fingerprint density at radius 2 is 1.05 bits per heavy atom. The number of alkyl halides is 1. The number of ketones is 2. The van der Waals surface area contributed by atoms with Gasteiger partial charge in [0.15, 0.2) is 27.7 Å². The molecule has 0 saturated heterocycles. The molecule has 0 unspecified atom stereocenters. The van der Waals surface area contributed by atoms with E-state index in [1.54, 1.807) is 26.2 Å². The summed E-state index contributed by atoms with van der Waals surface area (Å²) in [6.07, 6.45) is 19.9. The highest BCUT2D eigenvalue weighted by atomic mass is 19.1. The molecule has 29 heteroatoms. The molecule has 2 aromatic rings. The maximum absolute atomic E-state index is 13.2. The minimum absolute atomic E-state index is 0.0833. The van der Waals surface area contributed by atoms with Crippen LogP contribution in [0.1, 0.15) is 116 Å². The summed E-state index contributed by atoms with van der Waals surface area (Å²) in [5.41, 5.74) is 16.3. The number of Topliss-reactive ketones (excluding diaryl/α,β-unsaturated/α-hetero) is 2. The highest BCUT2D eigenvalue weighted by Crippen LogP contribution is 2.22. The number of hydrogen-bond acceptors (Lipinski definition) is 15. The molecular formula is C59H99FN15O13+. The zero-order valence-electron chi connectivity index (χ0n) is 52.6.